The van der Waals surface area contributed by atoms with Crippen molar-refractivity contribution < 1.29 is 4.74 Å². The van der Waals surface area contributed by atoms with Gasteiger partial charge in [-0.2, -0.15) is 0 Å². The van der Waals surface area contributed by atoms with Crippen molar-refractivity contribution in [1.29, 1.82) is 0 Å². The molecule has 1 nitrogen and oxygen atoms in total. The maximum Gasteiger partial charge on any atom is 0.118 e. The summed E-state index contributed by atoms with van der Waals surface area (Å²) in [7, 11) is 1.68. The minimum absolute atomic E-state index is 0.893. The van der Waals surface area contributed by atoms with Crippen LogP contribution in [0.25, 0.3) is 6.08 Å². The molecule has 70 valence electrons. The number of hydrogen-bond acceptors (Lipinski definition) is 1. The van der Waals surface area contributed by atoms with Gasteiger partial charge in [-0.15, -0.1) is 0 Å². The summed E-state index contributed by atoms with van der Waals surface area (Å²) in [6.45, 7) is 0. The topological polar surface area (TPSA) is 9.23 Å². The number of rotatable bonds is 2. The van der Waals surface area contributed by atoms with Gasteiger partial charge in [0.05, 0.1) is 7.11 Å². The van der Waals surface area contributed by atoms with Gasteiger partial charge in [-0.3, -0.25) is 0 Å². The van der Waals surface area contributed by atoms with Crippen LogP contribution in [0.3, 0.4) is 0 Å². The highest BCUT2D eigenvalue weighted by Gasteiger charge is 1.94. The summed E-state index contributed by atoms with van der Waals surface area (Å²) in [6, 6.07) is 8.03. The molecule has 0 radical (unpaired) electrons. The maximum absolute atomic E-state index is 5.09. The third-order valence-corrected chi connectivity index (χ3v) is 2.14. The molecule has 1 aliphatic carbocycles. The van der Waals surface area contributed by atoms with Gasteiger partial charge in [0.15, 0.2) is 0 Å². The zero-order valence-electron chi connectivity index (χ0n) is 8.10. The van der Waals surface area contributed by atoms with Gasteiger partial charge in [0, 0.05) is 0 Å². The first-order chi connectivity index (χ1) is 6.88. The minimum atomic E-state index is 0.893. The first kappa shape index (κ1) is 8.82. The van der Waals surface area contributed by atoms with Gasteiger partial charge < -0.3 is 4.74 Å². The molecule has 0 saturated heterocycles. The van der Waals surface area contributed by atoms with Crippen LogP contribution in [0.1, 0.15) is 5.56 Å². The quantitative estimate of drug-likeness (QED) is 0.685. The summed E-state index contributed by atoms with van der Waals surface area (Å²) >= 11 is 0. The Labute approximate surface area is 84.0 Å². The molecule has 0 fully saturated rings. The molecule has 0 saturated carbocycles. The lowest BCUT2D eigenvalue weighted by molar-refractivity contribution is 0.415. The predicted molar refractivity (Wildman–Crippen MR) is 59.3 cm³/mol. The van der Waals surface area contributed by atoms with E-state index < -0.39 is 0 Å². The highest BCUT2D eigenvalue weighted by atomic mass is 16.5. The molecule has 14 heavy (non-hydrogen) atoms. The summed E-state index contributed by atoms with van der Waals surface area (Å²) in [4.78, 5) is 0. The van der Waals surface area contributed by atoms with Crippen molar-refractivity contribution in [2.75, 3.05) is 7.11 Å². The molecule has 2 rings (SSSR count). The molecule has 0 heterocycles. The van der Waals surface area contributed by atoms with Gasteiger partial charge >= 0.3 is 0 Å². The largest absolute Gasteiger partial charge is 0.497 e. The maximum atomic E-state index is 5.09. The summed E-state index contributed by atoms with van der Waals surface area (Å²) in [5, 5.41) is 0. The monoisotopic (exact) mass is 184 g/mol. The lowest BCUT2D eigenvalue weighted by Gasteiger charge is -1.99. The minimum Gasteiger partial charge on any atom is -0.497 e. The molecule has 1 aromatic rings. The van der Waals surface area contributed by atoms with Crippen molar-refractivity contribution >= 4 is 6.08 Å². The molecular weight excluding hydrogens is 172 g/mol. The third-order valence-electron chi connectivity index (χ3n) is 2.14. The summed E-state index contributed by atoms with van der Waals surface area (Å²) < 4.78 is 5.09. The molecule has 0 N–H and O–H groups in total. The highest BCUT2D eigenvalue weighted by molar-refractivity contribution is 5.62. The molecule has 1 aromatic carbocycles. The van der Waals surface area contributed by atoms with Crippen LogP contribution in [-0.2, 0) is 0 Å². The van der Waals surface area contributed by atoms with Crippen LogP contribution in [0.4, 0.5) is 0 Å². The van der Waals surface area contributed by atoms with Gasteiger partial charge in [-0.05, 0) is 29.3 Å². The van der Waals surface area contributed by atoms with E-state index in [-0.39, 0.29) is 0 Å². The molecule has 0 aromatic heterocycles. The molecule has 0 atom stereocenters. The summed E-state index contributed by atoms with van der Waals surface area (Å²) in [5.41, 5.74) is 2.42. The van der Waals surface area contributed by atoms with Crippen molar-refractivity contribution in [3.8, 4) is 5.75 Å². The number of ether oxygens (including phenoxy) is 1. The summed E-state index contributed by atoms with van der Waals surface area (Å²) in [5.74, 6) is 0.893. The average Bonchev–Trinajstić information content (AvgIpc) is 2.72. The van der Waals surface area contributed by atoms with Gasteiger partial charge in [-0.25, -0.2) is 0 Å². The molecule has 0 aliphatic heterocycles. The average molecular weight is 184 g/mol. The fourth-order valence-corrected chi connectivity index (χ4v) is 1.38. The van der Waals surface area contributed by atoms with Crippen molar-refractivity contribution in [1.82, 2.24) is 0 Å². The van der Waals surface area contributed by atoms with Gasteiger partial charge in [0.2, 0.25) is 0 Å². The SMILES string of the molecule is COc1ccc(C=C2C=CC=C2)cc1. The second-order valence-corrected chi connectivity index (χ2v) is 3.14. The second kappa shape index (κ2) is 3.97. The molecule has 0 amide bonds. The first-order valence-corrected chi connectivity index (χ1v) is 4.59. The van der Waals surface area contributed by atoms with Gasteiger partial charge in [0.25, 0.3) is 0 Å². The fraction of sp³-hybridized carbons (Fsp3) is 0.0769. The normalized spacial score (nSPS) is 13.4. The Kier molecular flexibility index (Phi) is 2.50. The predicted octanol–water partition coefficient (Wildman–Crippen LogP) is 3.20. The molecule has 0 unspecified atom stereocenters. The van der Waals surface area contributed by atoms with E-state index in [0.717, 1.165) is 5.75 Å². The van der Waals surface area contributed by atoms with Crippen molar-refractivity contribution in [3.63, 3.8) is 0 Å². The molecule has 1 aliphatic rings. The first-order valence-electron chi connectivity index (χ1n) is 4.59. The van der Waals surface area contributed by atoms with Gasteiger partial charge in [0.1, 0.15) is 5.75 Å². The Morgan fingerprint density at radius 2 is 1.64 bits per heavy atom. The van der Waals surface area contributed by atoms with Crippen molar-refractivity contribution in [3.05, 3.63) is 59.7 Å². The van der Waals surface area contributed by atoms with E-state index in [1.807, 2.05) is 36.4 Å². The number of methoxy groups -OCH3 is 1. The van der Waals surface area contributed by atoms with E-state index in [1.54, 1.807) is 7.11 Å². The Balaban J connectivity index is 2.21. The number of hydrogen-bond donors (Lipinski definition) is 0. The lowest BCUT2D eigenvalue weighted by atomic mass is 10.1. The fourth-order valence-electron chi connectivity index (χ4n) is 1.38. The van der Waals surface area contributed by atoms with Crippen LogP contribution in [-0.4, -0.2) is 7.11 Å². The van der Waals surface area contributed by atoms with Crippen LogP contribution in [0.15, 0.2) is 54.1 Å². The van der Waals surface area contributed by atoms with Crippen molar-refractivity contribution in [2.24, 2.45) is 0 Å². The molecule has 0 spiro atoms. The standard InChI is InChI=1S/C13H12O/c1-14-13-8-6-12(7-9-13)10-11-4-2-3-5-11/h2-10H,1H3. The van der Waals surface area contributed by atoms with E-state index in [0.29, 0.717) is 0 Å². The zero-order chi connectivity index (χ0) is 9.80. The van der Waals surface area contributed by atoms with Crippen LogP contribution in [0.5, 0.6) is 5.75 Å². The van der Waals surface area contributed by atoms with Crippen LogP contribution < -0.4 is 4.74 Å². The Bertz CT molecular complexity index is 380. The van der Waals surface area contributed by atoms with E-state index in [4.69, 9.17) is 4.74 Å². The van der Waals surface area contributed by atoms with E-state index in [9.17, 15) is 0 Å². The number of benzene rings is 1. The Morgan fingerprint density at radius 3 is 2.21 bits per heavy atom. The Hall–Kier alpha value is -1.76. The molecular formula is C13H12O. The zero-order valence-corrected chi connectivity index (χ0v) is 8.10. The van der Waals surface area contributed by atoms with Crippen LogP contribution >= 0.6 is 0 Å². The number of allylic oxidation sites excluding steroid dienone is 5. The molecule has 1 heteroatoms. The van der Waals surface area contributed by atoms with Crippen LogP contribution in [0.2, 0.25) is 0 Å². The Morgan fingerprint density at radius 1 is 1.00 bits per heavy atom. The highest BCUT2D eigenvalue weighted by Crippen LogP contribution is 2.16. The van der Waals surface area contributed by atoms with E-state index in [2.05, 4.69) is 18.2 Å². The van der Waals surface area contributed by atoms with E-state index in [1.165, 1.54) is 11.1 Å². The second-order valence-electron chi connectivity index (χ2n) is 3.14. The lowest BCUT2D eigenvalue weighted by Crippen LogP contribution is -1.81. The van der Waals surface area contributed by atoms with Gasteiger partial charge in [-0.1, -0.05) is 36.4 Å². The molecule has 0 bridgehead atoms. The summed E-state index contributed by atoms with van der Waals surface area (Å²) in [6.07, 6.45) is 10.4. The van der Waals surface area contributed by atoms with E-state index >= 15 is 0 Å². The van der Waals surface area contributed by atoms with Crippen molar-refractivity contribution in [2.45, 2.75) is 0 Å². The van der Waals surface area contributed by atoms with Crippen LogP contribution in [0, 0.1) is 0 Å². The third kappa shape index (κ3) is 1.94. The smallest absolute Gasteiger partial charge is 0.118 e.